The number of ether oxygens (including phenoxy) is 4. The quantitative estimate of drug-likeness (QED) is 0.306. The van der Waals surface area contributed by atoms with Crippen LogP contribution in [0.15, 0.2) is 88.2 Å². The summed E-state index contributed by atoms with van der Waals surface area (Å²) in [4.78, 5) is 33.0. The van der Waals surface area contributed by atoms with Gasteiger partial charge in [0.15, 0.2) is 16.3 Å². The Balaban J connectivity index is 1.85. The number of carbonyl (C=O) groups is 1. The fourth-order valence-electron chi connectivity index (χ4n) is 4.71. The van der Waals surface area contributed by atoms with E-state index >= 15 is 0 Å². The number of carbonyl (C=O) groups excluding carboxylic acids is 1. The minimum atomic E-state index is -0.881. The lowest BCUT2D eigenvalue weighted by atomic mass is 9.92. The van der Waals surface area contributed by atoms with Crippen LogP contribution in [-0.2, 0) is 9.53 Å². The molecule has 0 amide bonds. The van der Waals surface area contributed by atoms with Crippen molar-refractivity contribution in [2.24, 2.45) is 4.99 Å². The zero-order valence-corrected chi connectivity index (χ0v) is 23.4. The van der Waals surface area contributed by atoms with Gasteiger partial charge >= 0.3 is 5.97 Å². The van der Waals surface area contributed by atoms with E-state index in [2.05, 4.69) is 0 Å². The molecule has 1 aliphatic rings. The van der Waals surface area contributed by atoms with Crippen LogP contribution >= 0.6 is 11.3 Å². The first kappa shape index (κ1) is 27.0. The smallest absolute Gasteiger partial charge is 0.338 e. The van der Waals surface area contributed by atoms with Crippen molar-refractivity contribution in [2.75, 3.05) is 27.9 Å². The van der Waals surface area contributed by atoms with Crippen molar-refractivity contribution in [3.8, 4) is 17.2 Å². The van der Waals surface area contributed by atoms with E-state index in [-0.39, 0.29) is 17.7 Å². The average Bonchev–Trinajstić information content (AvgIpc) is 3.30. The molecular formula is C31H28N2O6S. The molecule has 0 spiro atoms. The summed E-state index contributed by atoms with van der Waals surface area (Å²) in [6.07, 6.45) is 1.80. The molecule has 0 unspecified atom stereocenters. The van der Waals surface area contributed by atoms with Crippen molar-refractivity contribution >= 4 is 29.1 Å². The number of hydrogen-bond donors (Lipinski definition) is 0. The fraction of sp³-hybridized carbons (Fsp3) is 0.194. The lowest BCUT2D eigenvalue weighted by Gasteiger charge is -2.27. The Morgan fingerprint density at radius 3 is 2.35 bits per heavy atom. The number of fused-ring (bicyclic) bond motifs is 1. The van der Waals surface area contributed by atoms with Gasteiger partial charge in [0.05, 0.1) is 43.7 Å². The van der Waals surface area contributed by atoms with Crippen molar-refractivity contribution in [1.82, 2.24) is 4.57 Å². The lowest BCUT2D eigenvalue weighted by molar-refractivity contribution is -0.138. The standard InChI is InChI=1S/C31H28N2O6S/c1-5-39-30(35)25-26(20-10-7-6-8-11-20)32-31-33(27(25)22-12-9-13-23(37-3)28(22)38-4)29(34)24(40-31)18-19-14-16-21(36-2)17-15-19/h6-18,27H,5H2,1-4H3/t27-/m0/s1. The zero-order chi connectivity index (χ0) is 28.2. The summed E-state index contributed by atoms with van der Waals surface area (Å²) in [5.41, 5.74) is 2.52. The van der Waals surface area contributed by atoms with Crippen LogP contribution in [0.25, 0.3) is 11.8 Å². The number of esters is 1. The van der Waals surface area contributed by atoms with E-state index in [0.717, 1.165) is 16.9 Å². The molecule has 2 heterocycles. The first-order valence-electron chi connectivity index (χ1n) is 12.6. The van der Waals surface area contributed by atoms with E-state index in [1.54, 1.807) is 39.4 Å². The van der Waals surface area contributed by atoms with Crippen LogP contribution in [0.5, 0.6) is 17.2 Å². The van der Waals surface area contributed by atoms with Crippen LogP contribution in [0.1, 0.15) is 29.7 Å². The van der Waals surface area contributed by atoms with Crippen molar-refractivity contribution in [3.63, 3.8) is 0 Å². The molecule has 0 saturated heterocycles. The summed E-state index contributed by atoms with van der Waals surface area (Å²) in [6.45, 7) is 1.90. The molecule has 1 atom stereocenters. The molecule has 5 rings (SSSR count). The predicted octanol–water partition coefficient (Wildman–Crippen LogP) is 3.96. The molecule has 0 bridgehead atoms. The molecule has 4 aromatic rings. The second-order valence-corrected chi connectivity index (χ2v) is 9.80. The Kier molecular flexibility index (Phi) is 7.84. The van der Waals surface area contributed by atoms with E-state index in [1.807, 2.05) is 60.7 Å². The normalized spacial score (nSPS) is 14.8. The van der Waals surface area contributed by atoms with Crippen molar-refractivity contribution in [2.45, 2.75) is 13.0 Å². The topological polar surface area (TPSA) is 88.4 Å². The van der Waals surface area contributed by atoms with Crippen LogP contribution in [0.4, 0.5) is 0 Å². The summed E-state index contributed by atoms with van der Waals surface area (Å²) in [7, 11) is 4.67. The molecule has 0 N–H and O–H groups in total. The minimum Gasteiger partial charge on any atom is -0.497 e. The van der Waals surface area contributed by atoms with Gasteiger partial charge < -0.3 is 18.9 Å². The number of methoxy groups -OCH3 is 3. The Hall–Kier alpha value is -4.63. The van der Waals surface area contributed by atoms with Gasteiger partial charge in [0.1, 0.15) is 11.8 Å². The third-order valence-electron chi connectivity index (χ3n) is 6.52. The van der Waals surface area contributed by atoms with Gasteiger partial charge in [-0.05, 0) is 36.8 Å². The number of para-hydroxylation sites is 1. The third-order valence-corrected chi connectivity index (χ3v) is 7.50. The number of rotatable bonds is 8. The summed E-state index contributed by atoms with van der Waals surface area (Å²) < 4.78 is 24.1. The molecule has 3 aromatic carbocycles. The molecule has 0 saturated carbocycles. The number of nitrogens with zero attached hydrogens (tertiary/aromatic N) is 2. The zero-order valence-electron chi connectivity index (χ0n) is 22.5. The first-order chi connectivity index (χ1) is 19.5. The Bertz CT molecular complexity index is 1750. The van der Waals surface area contributed by atoms with Crippen LogP contribution < -0.4 is 29.1 Å². The van der Waals surface area contributed by atoms with Gasteiger partial charge in [0, 0.05) is 11.1 Å². The van der Waals surface area contributed by atoms with E-state index in [4.69, 9.17) is 23.9 Å². The van der Waals surface area contributed by atoms with Gasteiger partial charge in [0.2, 0.25) is 0 Å². The van der Waals surface area contributed by atoms with Crippen LogP contribution in [0.3, 0.4) is 0 Å². The van der Waals surface area contributed by atoms with Gasteiger partial charge in [-0.25, -0.2) is 9.79 Å². The summed E-state index contributed by atoms with van der Waals surface area (Å²) in [5, 5.41) is 0. The highest BCUT2D eigenvalue weighted by molar-refractivity contribution is 7.07. The lowest BCUT2D eigenvalue weighted by Crippen LogP contribution is -2.40. The van der Waals surface area contributed by atoms with Gasteiger partial charge in [-0.1, -0.05) is 65.9 Å². The van der Waals surface area contributed by atoms with Gasteiger partial charge in [-0.3, -0.25) is 9.36 Å². The highest BCUT2D eigenvalue weighted by Crippen LogP contribution is 2.42. The van der Waals surface area contributed by atoms with Crippen LogP contribution in [0.2, 0.25) is 0 Å². The maximum Gasteiger partial charge on any atom is 0.338 e. The van der Waals surface area contributed by atoms with Crippen molar-refractivity contribution in [3.05, 3.63) is 115 Å². The first-order valence-corrected chi connectivity index (χ1v) is 13.5. The largest absolute Gasteiger partial charge is 0.497 e. The second kappa shape index (κ2) is 11.6. The monoisotopic (exact) mass is 556 g/mol. The molecular weight excluding hydrogens is 528 g/mol. The molecule has 0 radical (unpaired) electrons. The third kappa shape index (κ3) is 4.91. The fourth-order valence-corrected chi connectivity index (χ4v) is 5.71. The van der Waals surface area contributed by atoms with Gasteiger partial charge in [-0.15, -0.1) is 0 Å². The van der Waals surface area contributed by atoms with Gasteiger partial charge in [-0.2, -0.15) is 0 Å². The molecule has 1 aliphatic heterocycles. The van der Waals surface area contributed by atoms with Crippen LogP contribution in [0, 0.1) is 0 Å². The maximum atomic E-state index is 14.1. The maximum absolute atomic E-state index is 14.1. The number of aromatic nitrogens is 1. The van der Waals surface area contributed by atoms with Crippen LogP contribution in [-0.4, -0.2) is 38.5 Å². The Morgan fingerprint density at radius 1 is 0.950 bits per heavy atom. The number of benzene rings is 3. The second-order valence-electron chi connectivity index (χ2n) is 8.79. The SMILES string of the molecule is CCOC(=O)C1=C(c2ccccc2)N=c2sc(=Cc3ccc(OC)cc3)c(=O)n2[C@H]1c1cccc(OC)c1OC. The number of hydrogen-bond acceptors (Lipinski definition) is 8. The summed E-state index contributed by atoms with van der Waals surface area (Å²) in [5.74, 6) is 1.04. The summed E-state index contributed by atoms with van der Waals surface area (Å²) in [6, 6.07) is 21.3. The highest BCUT2D eigenvalue weighted by Gasteiger charge is 2.37. The van der Waals surface area contributed by atoms with Crippen molar-refractivity contribution < 1.29 is 23.7 Å². The van der Waals surface area contributed by atoms with E-state index in [1.165, 1.54) is 23.0 Å². The van der Waals surface area contributed by atoms with E-state index in [9.17, 15) is 9.59 Å². The Labute approximate surface area is 235 Å². The van der Waals surface area contributed by atoms with Gasteiger partial charge in [0.25, 0.3) is 5.56 Å². The molecule has 204 valence electrons. The Morgan fingerprint density at radius 2 is 1.70 bits per heavy atom. The molecule has 0 aliphatic carbocycles. The summed E-state index contributed by atoms with van der Waals surface area (Å²) >= 11 is 1.25. The molecule has 8 nitrogen and oxygen atoms in total. The molecule has 1 aromatic heterocycles. The van der Waals surface area contributed by atoms with E-state index in [0.29, 0.717) is 32.1 Å². The van der Waals surface area contributed by atoms with Crippen molar-refractivity contribution in [1.29, 1.82) is 0 Å². The number of thiazole rings is 1. The predicted molar refractivity (Wildman–Crippen MR) is 154 cm³/mol. The highest BCUT2D eigenvalue weighted by atomic mass is 32.1. The minimum absolute atomic E-state index is 0.161. The molecule has 9 heteroatoms. The molecule has 0 fully saturated rings. The average molecular weight is 557 g/mol. The molecule has 40 heavy (non-hydrogen) atoms. The van der Waals surface area contributed by atoms with E-state index < -0.39 is 12.0 Å².